The van der Waals surface area contributed by atoms with Crippen molar-refractivity contribution in [3.8, 4) is 0 Å². The molecule has 18 heavy (non-hydrogen) atoms. The van der Waals surface area contributed by atoms with Crippen LogP contribution in [-0.4, -0.2) is 12.6 Å². The molecule has 100 valence electrons. The molecular weight excluding hydrogens is 269 g/mol. The molecule has 0 amide bonds. The van der Waals surface area contributed by atoms with E-state index in [0.717, 1.165) is 12.1 Å². The van der Waals surface area contributed by atoms with Gasteiger partial charge >= 0.3 is 12.1 Å². The minimum atomic E-state index is -4.41. The molecule has 0 saturated carbocycles. The molecule has 0 aliphatic rings. The molecule has 1 aromatic rings. The Bertz CT molecular complexity index is 430. The molecule has 0 N–H and O–H groups in total. The molecule has 0 bridgehead atoms. The van der Waals surface area contributed by atoms with E-state index >= 15 is 0 Å². The smallest absolute Gasteiger partial charge is 0.416 e. The average Bonchev–Trinajstić information content (AvgIpc) is 2.26. The molecule has 0 radical (unpaired) electrons. The highest BCUT2D eigenvalue weighted by Gasteiger charge is 2.30. The van der Waals surface area contributed by atoms with Crippen molar-refractivity contribution in [1.29, 1.82) is 0 Å². The minimum absolute atomic E-state index is 0.00880. The molecule has 0 atom stereocenters. The van der Waals surface area contributed by atoms with Gasteiger partial charge in [0.15, 0.2) is 0 Å². The predicted molar refractivity (Wildman–Crippen MR) is 61.4 cm³/mol. The van der Waals surface area contributed by atoms with E-state index in [1.807, 2.05) is 0 Å². The lowest BCUT2D eigenvalue weighted by molar-refractivity contribution is -0.143. The number of carbonyl (C=O) groups excluding carboxylic acids is 1. The van der Waals surface area contributed by atoms with Gasteiger partial charge in [-0.05, 0) is 37.1 Å². The summed E-state index contributed by atoms with van der Waals surface area (Å²) < 4.78 is 42.2. The summed E-state index contributed by atoms with van der Waals surface area (Å²) in [6.07, 6.45) is -4.28. The Morgan fingerprint density at radius 3 is 2.61 bits per heavy atom. The first kappa shape index (κ1) is 14.8. The van der Waals surface area contributed by atoms with Crippen molar-refractivity contribution >= 4 is 17.6 Å². The Hall–Kier alpha value is -1.23. The molecule has 0 saturated heterocycles. The van der Waals surface area contributed by atoms with Crippen molar-refractivity contribution in [2.24, 2.45) is 0 Å². The predicted octanol–water partition coefficient (Wildman–Crippen LogP) is 3.85. The first-order valence-electron chi connectivity index (χ1n) is 5.36. The average molecular weight is 281 g/mol. The molecule has 0 aliphatic carbocycles. The van der Waals surface area contributed by atoms with Crippen molar-refractivity contribution in [1.82, 2.24) is 0 Å². The third-order valence-electron chi connectivity index (χ3n) is 2.28. The second kappa shape index (κ2) is 6.09. The summed E-state index contributed by atoms with van der Waals surface area (Å²) in [6.45, 7) is 1.91. The minimum Gasteiger partial charge on any atom is -0.466 e. The van der Waals surface area contributed by atoms with Gasteiger partial charge in [-0.3, -0.25) is 4.79 Å². The number of hydrogen-bond donors (Lipinski definition) is 0. The van der Waals surface area contributed by atoms with Crippen LogP contribution in [0.15, 0.2) is 18.2 Å². The zero-order valence-electron chi connectivity index (χ0n) is 9.68. The summed E-state index contributed by atoms with van der Waals surface area (Å²) >= 11 is 5.79. The molecule has 0 heterocycles. The Labute approximate surface area is 108 Å². The van der Waals surface area contributed by atoms with Crippen LogP contribution in [0.1, 0.15) is 24.5 Å². The largest absolute Gasteiger partial charge is 0.466 e. The van der Waals surface area contributed by atoms with Crippen LogP contribution in [-0.2, 0) is 22.1 Å². The van der Waals surface area contributed by atoms with Gasteiger partial charge in [0.05, 0.1) is 12.2 Å². The first-order chi connectivity index (χ1) is 8.34. The van der Waals surface area contributed by atoms with Gasteiger partial charge in [0, 0.05) is 11.4 Å². The second-order valence-corrected chi connectivity index (χ2v) is 4.02. The van der Waals surface area contributed by atoms with Crippen molar-refractivity contribution in [3.05, 3.63) is 34.3 Å². The maximum atomic E-state index is 12.5. The van der Waals surface area contributed by atoms with Crippen LogP contribution >= 0.6 is 11.6 Å². The number of ether oxygens (including phenoxy) is 1. The molecule has 0 aliphatic heterocycles. The Morgan fingerprint density at radius 2 is 2.06 bits per heavy atom. The maximum Gasteiger partial charge on any atom is 0.416 e. The van der Waals surface area contributed by atoms with Gasteiger partial charge in [0.1, 0.15) is 0 Å². The summed E-state index contributed by atoms with van der Waals surface area (Å²) in [7, 11) is 0. The van der Waals surface area contributed by atoms with Gasteiger partial charge < -0.3 is 4.74 Å². The molecule has 1 rings (SSSR count). The fourth-order valence-corrected chi connectivity index (χ4v) is 1.62. The lowest BCUT2D eigenvalue weighted by atomic mass is 10.1. The van der Waals surface area contributed by atoms with E-state index in [4.69, 9.17) is 16.3 Å². The number of aryl methyl sites for hydroxylation is 1. The molecule has 0 fully saturated rings. The number of carbonyl (C=O) groups is 1. The van der Waals surface area contributed by atoms with Crippen LogP contribution in [0.3, 0.4) is 0 Å². The zero-order chi connectivity index (χ0) is 13.8. The van der Waals surface area contributed by atoms with E-state index in [0.29, 0.717) is 5.56 Å². The van der Waals surface area contributed by atoms with Crippen molar-refractivity contribution in [2.45, 2.75) is 25.9 Å². The van der Waals surface area contributed by atoms with E-state index in [-0.39, 0.29) is 24.5 Å². The zero-order valence-corrected chi connectivity index (χ0v) is 10.4. The molecule has 1 aromatic carbocycles. The Morgan fingerprint density at radius 1 is 1.39 bits per heavy atom. The maximum absolute atomic E-state index is 12.5. The van der Waals surface area contributed by atoms with Crippen LogP contribution in [0.25, 0.3) is 0 Å². The topological polar surface area (TPSA) is 26.3 Å². The lowest BCUT2D eigenvalue weighted by Crippen LogP contribution is -2.08. The third-order valence-corrected chi connectivity index (χ3v) is 2.65. The van der Waals surface area contributed by atoms with Crippen LogP contribution in [0, 0.1) is 0 Å². The van der Waals surface area contributed by atoms with Gasteiger partial charge in [-0.15, -0.1) is 0 Å². The number of rotatable bonds is 4. The van der Waals surface area contributed by atoms with Gasteiger partial charge in [0.25, 0.3) is 0 Å². The molecular formula is C12H12ClF3O2. The standard InChI is InChI=1S/C12H12ClF3O2/c1-2-18-11(17)6-3-8-7-9(12(14,15)16)4-5-10(8)13/h4-5,7H,2-3,6H2,1H3. The highest BCUT2D eigenvalue weighted by Crippen LogP contribution is 2.32. The Balaban J connectivity index is 2.79. The SMILES string of the molecule is CCOC(=O)CCc1cc(C(F)(F)F)ccc1Cl. The molecule has 6 heteroatoms. The van der Waals surface area contributed by atoms with Gasteiger partial charge in [-0.25, -0.2) is 0 Å². The summed E-state index contributed by atoms with van der Waals surface area (Å²) in [5, 5.41) is 0.215. The molecule has 0 spiro atoms. The van der Waals surface area contributed by atoms with Crippen LogP contribution in [0.2, 0.25) is 5.02 Å². The van der Waals surface area contributed by atoms with Crippen LogP contribution in [0.4, 0.5) is 13.2 Å². The van der Waals surface area contributed by atoms with Crippen LogP contribution < -0.4 is 0 Å². The fourth-order valence-electron chi connectivity index (χ4n) is 1.41. The van der Waals surface area contributed by atoms with E-state index < -0.39 is 17.7 Å². The molecule has 0 unspecified atom stereocenters. The second-order valence-electron chi connectivity index (χ2n) is 3.61. The van der Waals surface area contributed by atoms with E-state index in [1.165, 1.54) is 6.07 Å². The summed E-state index contributed by atoms with van der Waals surface area (Å²) in [6, 6.07) is 3.06. The monoisotopic (exact) mass is 280 g/mol. The molecule has 0 aromatic heterocycles. The first-order valence-corrected chi connectivity index (χ1v) is 5.73. The number of esters is 1. The van der Waals surface area contributed by atoms with Crippen molar-refractivity contribution in [3.63, 3.8) is 0 Å². The van der Waals surface area contributed by atoms with E-state index in [1.54, 1.807) is 6.92 Å². The summed E-state index contributed by atoms with van der Waals surface area (Å²) in [4.78, 5) is 11.1. The number of hydrogen-bond acceptors (Lipinski definition) is 2. The van der Waals surface area contributed by atoms with Gasteiger partial charge in [-0.1, -0.05) is 11.6 Å². The van der Waals surface area contributed by atoms with E-state index in [2.05, 4.69) is 0 Å². The van der Waals surface area contributed by atoms with Crippen molar-refractivity contribution < 1.29 is 22.7 Å². The van der Waals surface area contributed by atoms with E-state index in [9.17, 15) is 18.0 Å². The summed E-state index contributed by atoms with van der Waals surface area (Å²) in [5.74, 6) is -0.453. The quantitative estimate of drug-likeness (QED) is 0.783. The number of benzene rings is 1. The normalized spacial score (nSPS) is 11.4. The highest BCUT2D eigenvalue weighted by atomic mass is 35.5. The third kappa shape index (κ3) is 4.22. The lowest BCUT2D eigenvalue weighted by Gasteiger charge is -2.10. The Kier molecular flexibility index (Phi) is 5.02. The van der Waals surface area contributed by atoms with Gasteiger partial charge in [-0.2, -0.15) is 13.2 Å². The highest BCUT2D eigenvalue weighted by molar-refractivity contribution is 6.31. The fraction of sp³-hybridized carbons (Fsp3) is 0.417. The number of halogens is 4. The van der Waals surface area contributed by atoms with Crippen LogP contribution in [0.5, 0.6) is 0 Å². The summed E-state index contributed by atoms with van der Waals surface area (Å²) in [5.41, 5.74) is -0.481. The van der Waals surface area contributed by atoms with Gasteiger partial charge in [0.2, 0.25) is 0 Å². The number of alkyl halides is 3. The van der Waals surface area contributed by atoms with Crippen molar-refractivity contribution in [2.75, 3.05) is 6.61 Å². The molecule has 2 nitrogen and oxygen atoms in total.